The number of halogens is 1. The number of hydrogen-bond donors (Lipinski definition) is 2. The summed E-state index contributed by atoms with van der Waals surface area (Å²) in [6.07, 6.45) is 12.5. The number of nitrogens with zero attached hydrogens (tertiary/aromatic N) is 3. The molecular weight excluding hydrogens is 698 g/mol. The van der Waals surface area contributed by atoms with E-state index in [2.05, 4.69) is 39.7 Å². The highest BCUT2D eigenvalue weighted by atomic mass is 35.5. The van der Waals surface area contributed by atoms with Crippen molar-refractivity contribution in [1.29, 1.82) is 0 Å². The van der Waals surface area contributed by atoms with Crippen molar-refractivity contribution in [3.8, 4) is 17.0 Å². The van der Waals surface area contributed by atoms with Gasteiger partial charge in [0.15, 0.2) is 0 Å². The van der Waals surface area contributed by atoms with Crippen LogP contribution in [-0.4, -0.2) is 80.9 Å². The van der Waals surface area contributed by atoms with Crippen molar-refractivity contribution in [1.82, 2.24) is 23.8 Å². The number of hydrogen-bond acceptors (Lipinski definition) is 6. The minimum atomic E-state index is -4.01. The summed E-state index contributed by atoms with van der Waals surface area (Å²) in [6, 6.07) is 11.7. The smallest absolute Gasteiger partial charge is 0.303 e. The molecule has 0 spiro atoms. The molecule has 10 nitrogen and oxygen atoms in total. The second-order valence-electron chi connectivity index (χ2n) is 15.4. The first kappa shape index (κ1) is 38.1. The summed E-state index contributed by atoms with van der Waals surface area (Å²) >= 11 is 6.37. The Hall–Kier alpha value is -3.64. The van der Waals surface area contributed by atoms with E-state index in [1.165, 1.54) is 26.1 Å². The number of aryl methyl sites for hydroxylation is 1. The van der Waals surface area contributed by atoms with Crippen LogP contribution in [0.25, 0.3) is 22.2 Å². The monoisotopic (exact) mass is 749 g/mol. The molecule has 6 rings (SSSR count). The van der Waals surface area contributed by atoms with E-state index >= 15 is 0 Å². The molecule has 52 heavy (non-hydrogen) atoms. The number of aromatic nitrogens is 1. The number of carbonyl (C=O) groups excluding carboxylic acids is 2. The van der Waals surface area contributed by atoms with Crippen LogP contribution in [-0.2, 0) is 21.5 Å². The zero-order valence-corrected chi connectivity index (χ0v) is 32.7. The molecule has 0 bridgehead atoms. The van der Waals surface area contributed by atoms with E-state index in [4.69, 9.17) is 16.3 Å². The third kappa shape index (κ3) is 7.83. The minimum Gasteiger partial charge on any atom is -0.497 e. The van der Waals surface area contributed by atoms with Crippen molar-refractivity contribution in [2.75, 3.05) is 40.8 Å². The summed E-state index contributed by atoms with van der Waals surface area (Å²) < 4.78 is 36.3. The molecule has 12 heteroatoms. The SMILES string of the molecule is COc1ccc(-c2c(C3CCCCC3)c3ccc(C(=O)NS(=O)(=O)N(C)C)cc3n2CC(C)(C)C(=O)N2CCNC(C3C=C(Cl)C=CC3)C2)c(C)c1. The Bertz CT molecular complexity index is 2010. The third-order valence-electron chi connectivity index (χ3n) is 11.0. The lowest BCUT2D eigenvalue weighted by Gasteiger charge is -2.41. The molecule has 2 aromatic carbocycles. The second kappa shape index (κ2) is 15.4. The van der Waals surface area contributed by atoms with Crippen LogP contribution in [0, 0.1) is 18.3 Å². The summed E-state index contributed by atoms with van der Waals surface area (Å²) in [4.78, 5) is 30.1. The lowest BCUT2D eigenvalue weighted by Crippen LogP contribution is -2.57. The van der Waals surface area contributed by atoms with Crippen molar-refractivity contribution in [3.63, 3.8) is 0 Å². The highest BCUT2D eigenvalue weighted by molar-refractivity contribution is 7.87. The highest BCUT2D eigenvalue weighted by Gasteiger charge is 2.38. The maximum atomic E-state index is 14.6. The van der Waals surface area contributed by atoms with Gasteiger partial charge in [-0.05, 0) is 99.4 Å². The highest BCUT2D eigenvalue weighted by Crippen LogP contribution is 2.46. The van der Waals surface area contributed by atoms with Crippen LogP contribution in [0.3, 0.4) is 0 Å². The minimum absolute atomic E-state index is 0.0601. The molecule has 1 saturated heterocycles. The summed E-state index contributed by atoms with van der Waals surface area (Å²) in [5, 5.41) is 5.36. The van der Waals surface area contributed by atoms with Crippen LogP contribution >= 0.6 is 11.6 Å². The summed E-state index contributed by atoms with van der Waals surface area (Å²) in [5.74, 6) is 0.606. The number of ether oxygens (including phenoxy) is 1. The van der Waals surface area contributed by atoms with Gasteiger partial charge in [-0.1, -0.05) is 49.1 Å². The number of allylic oxidation sites excluding steroid dienone is 3. The van der Waals surface area contributed by atoms with Gasteiger partial charge in [-0.25, -0.2) is 4.72 Å². The fourth-order valence-electron chi connectivity index (χ4n) is 8.16. The van der Waals surface area contributed by atoms with Gasteiger partial charge in [0, 0.05) is 73.4 Å². The Morgan fingerprint density at radius 3 is 2.52 bits per heavy atom. The standard InChI is InChI=1S/C40H52ClN5O5S/c1-26-21-31(51-6)16-18-32(26)37-36(27-11-8-7-9-12-27)33-17-15-29(38(47)43-52(49,50)44(4)5)23-35(33)46(37)25-40(2,3)39(48)45-20-19-42-34(24-45)28-13-10-14-30(41)22-28/h10,14-18,21-23,27-28,34,42H,7-9,11-13,19-20,24-25H2,1-6H3,(H,43,47). The van der Waals surface area contributed by atoms with Crippen molar-refractivity contribution in [2.45, 2.75) is 77.8 Å². The van der Waals surface area contributed by atoms with Gasteiger partial charge in [-0.2, -0.15) is 12.7 Å². The number of benzene rings is 2. The zero-order chi connectivity index (χ0) is 37.4. The first-order valence-corrected chi connectivity index (χ1v) is 20.1. The third-order valence-corrected chi connectivity index (χ3v) is 12.6. The average Bonchev–Trinajstić information content (AvgIpc) is 3.43. The molecule has 280 valence electrons. The van der Waals surface area contributed by atoms with Crippen molar-refractivity contribution in [2.24, 2.45) is 11.3 Å². The molecule has 3 aliphatic rings. The molecule has 2 atom stereocenters. The quantitative estimate of drug-likeness (QED) is 0.238. The molecule has 2 N–H and O–H groups in total. The number of nitrogens with one attached hydrogen (secondary N) is 2. The molecule has 2 aliphatic carbocycles. The number of carbonyl (C=O) groups is 2. The maximum absolute atomic E-state index is 14.6. The molecular formula is C40H52ClN5O5S. The molecule has 2 amide bonds. The normalized spacial score (nSPS) is 20.3. The van der Waals surface area contributed by atoms with Gasteiger partial charge in [0.1, 0.15) is 5.75 Å². The van der Waals surface area contributed by atoms with E-state index in [-0.39, 0.29) is 23.4 Å². The lowest BCUT2D eigenvalue weighted by atomic mass is 9.81. The lowest BCUT2D eigenvalue weighted by molar-refractivity contribution is -0.142. The largest absolute Gasteiger partial charge is 0.497 e. The number of amides is 2. The fourth-order valence-corrected chi connectivity index (χ4v) is 8.95. The van der Waals surface area contributed by atoms with Crippen LogP contribution in [0.2, 0.25) is 0 Å². The topological polar surface area (TPSA) is 113 Å². The number of piperazine rings is 1. The van der Waals surface area contributed by atoms with Crippen molar-refractivity contribution >= 4 is 44.5 Å². The van der Waals surface area contributed by atoms with Crippen LogP contribution < -0.4 is 14.8 Å². The Balaban J connectivity index is 1.47. The number of rotatable bonds is 10. The van der Waals surface area contributed by atoms with Gasteiger partial charge in [0.25, 0.3) is 5.91 Å². The fraction of sp³-hybridized carbons (Fsp3) is 0.500. The Kier molecular flexibility index (Phi) is 11.3. The molecule has 2 fully saturated rings. The van der Waals surface area contributed by atoms with Crippen LogP contribution in [0.4, 0.5) is 0 Å². The summed E-state index contributed by atoms with van der Waals surface area (Å²) in [6.45, 7) is 8.31. The van der Waals surface area contributed by atoms with E-state index in [0.717, 1.165) is 74.9 Å². The molecule has 1 saturated carbocycles. The Morgan fingerprint density at radius 2 is 1.85 bits per heavy atom. The summed E-state index contributed by atoms with van der Waals surface area (Å²) in [5.41, 5.74) is 4.53. The van der Waals surface area contributed by atoms with Crippen LogP contribution in [0.15, 0.2) is 59.7 Å². The maximum Gasteiger partial charge on any atom is 0.303 e. The van der Waals surface area contributed by atoms with Gasteiger partial charge < -0.3 is 19.5 Å². The molecule has 1 aromatic heterocycles. The van der Waals surface area contributed by atoms with Crippen LogP contribution in [0.5, 0.6) is 5.75 Å². The van der Waals surface area contributed by atoms with Gasteiger partial charge in [-0.3, -0.25) is 9.59 Å². The van der Waals surface area contributed by atoms with Gasteiger partial charge in [0.2, 0.25) is 5.91 Å². The first-order valence-electron chi connectivity index (χ1n) is 18.3. The van der Waals surface area contributed by atoms with E-state index < -0.39 is 21.5 Å². The molecule has 2 heterocycles. The van der Waals surface area contributed by atoms with E-state index in [1.54, 1.807) is 19.2 Å². The predicted octanol–water partition coefficient (Wildman–Crippen LogP) is 6.73. The van der Waals surface area contributed by atoms with E-state index in [9.17, 15) is 18.0 Å². The predicted molar refractivity (Wildman–Crippen MR) is 208 cm³/mol. The van der Waals surface area contributed by atoms with E-state index in [0.29, 0.717) is 32.1 Å². The average molecular weight is 750 g/mol. The molecule has 1 aliphatic heterocycles. The number of fused-ring (bicyclic) bond motifs is 1. The first-order chi connectivity index (χ1) is 24.7. The Labute approximate surface area is 313 Å². The molecule has 0 radical (unpaired) electrons. The van der Waals surface area contributed by atoms with Gasteiger partial charge >= 0.3 is 10.2 Å². The zero-order valence-electron chi connectivity index (χ0n) is 31.2. The second-order valence-corrected chi connectivity index (χ2v) is 17.7. The van der Waals surface area contributed by atoms with Crippen molar-refractivity contribution < 1.29 is 22.7 Å². The summed E-state index contributed by atoms with van der Waals surface area (Å²) in [7, 11) is 0.405. The Morgan fingerprint density at radius 1 is 1.10 bits per heavy atom. The van der Waals surface area contributed by atoms with Gasteiger partial charge in [0.05, 0.1) is 18.2 Å². The van der Waals surface area contributed by atoms with Crippen LogP contribution in [0.1, 0.15) is 79.8 Å². The number of methoxy groups -OCH3 is 1. The van der Waals surface area contributed by atoms with Gasteiger partial charge in [-0.15, -0.1) is 0 Å². The molecule has 2 unspecified atom stereocenters. The van der Waals surface area contributed by atoms with E-state index in [1.807, 2.05) is 43.0 Å². The van der Waals surface area contributed by atoms with Crippen molar-refractivity contribution in [3.05, 3.63) is 76.3 Å². The molecule has 3 aromatic rings.